The quantitative estimate of drug-likeness (QED) is 0.763. The number of aromatic nitrogens is 2. The lowest BCUT2D eigenvalue weighted by Gasteiger charge is -1.97. The van der Waals surface area contributed by atoms with Crippen molar-refractivity contribution in [2.75, 3.05) is 0 Å². The fourth-order valence-corrected chi connectivity index (χ4v) is 2.32. The molecule has 0 spiro atoms. The molecule has 0 aliphatic heterocycles. The van der Waals surface area contributed by atoms with Gasteiger partial charge in [0, 0.05) is 4.88 Å². The summed E-state index contributed by atoms with van der Waals surface area (Å²) < 4.78 is 0. The zero-order valence-electron chi connectivity index (χ0n) is 9.46. The van der Waals surface area contributed by atoms with Gasteiger partial charge in [-0.3, -0.25) is 4.79 Å². The number of aromatic amines is 1. The van der Waals surface area contributed by atoms with Crippen LogP contribution in [0, 0.1) is 0 Å². The van der Waals surface area contributed by atoms with Gasteiger partial charge in [-0.2, -0.15) is 0 Å². The molecule has 0 radical (unpaired) electrons. The van der Waals surface area contributed by atoms with Gasteiger partial charge in [-0.1, -0.05) is 18.2 Å². The van der Waals surface area contributed by atoms with E-state index in [-0.39, 0.29) is 5.56 Å². The van der Waals surface area contributed by atoms with E-state index in [0.717, 1.165) is 15.9 Å². The predicted molar refractivity (Wildman–Crippen MR) is 75.6 cm³/mol. The highest BCUT2D eigenvalue weighted by Gasteiger charge is 2.00. The van der Waals surface area contributed by atoms with Crippen molar-refractivity contribution < 1.29 is 0 Å². The summed E-state index contributed by atoms with van der Waals surface area (Å²) in [5, 5.41) is 2.00. The molecule has 0 unspecified atom stereocenters. The van der Waals surface area contributed by atoms with Crippen molar-refractivity contribution in [1.29, 1.82) is 0 Å². The second-order valence-corrected chi connectivity index (χ2v) is 4.80. The van der Waals surface area contributed by atoms with Crippen LogP contribution in [-0.4, -0.2) is 9.97 Å². The minimum Gasteiger partial charge on any atom is -0.319 e. The van der Waals surface area contributed by atoms with Crippen LogP contribution < -0.4 is 5.56 Å². The van der Waals surface area contributed by atoms with Crippen molar-refractivity contribution in [2.24, 2.45) is 0 Å². The Hall–Kier alpha value is -2.20. The van der Waals surface area contributed by atoms with Crippen molar-refractivity contribution in [3.8, 4) is 0 Å². The average Bonchev–Trinajstić information content (AvgIpc) is 2.89. The number of para-hydroxylation sites is 2. The van der Waals surface area contributed by atoms with Crippen LogP contribution in [0.15, 0.2) is 46.6 Å². The molecule has 0 amide bonds. The van der Waals surface area contributed by atoms with Gasteiger partial charge in [0.25, 0.3) is 5.56 Å². The van der Waals surface area contributed by atoms with Crippen LogP contribution in [0.25, 0.3) is 23.2 Å². The molecule has 2 heterocycles. The number of fused-ring (bicyclic) bond motifs is 1. The topological polar surface area (TPSA) is 45.8 Å². The van der Waals surface area contributed by atoms with Crippen molar-refractivity contribution in [2.45, 2.75) is 0 Å². The number of hydrogen-bond donors (Lipinski definition) is 1. The smallest absolute Gasteiger partial charge is 0.274 e. The average molecular weight is 254 g/mol. The molecule has 3 rings (SSSR count). The molecular formula is C14H10N2OS. The molecule has 0 bridgehead atoms. The molecule has 1 N–H and O–H groups in total. The first-order valence-electron chi connectivity index (χ1n) is 5.53. The molecule has 88 valence electrons. The van der Waals surface area contributed by atoms with Crippen molar-refractivity contribution in [1.82, 2.24) is 9.97 Å². The van der Waals surface area contributed by atoms with E-state index in [0.29, 0.717) is 5.69 Å². The van der Waals surface area contributed by atoms with E-state index in [4.69, 9.17) is 0 Å². The summed E-state index contributed by atoms with van der Waals surface area (Å²) in [5.41, 5.74) is 1.82. The van der Waals surface area contributed by atoms with E-state index >= 15 is 0 Å². The maximum Gasteiger partial charge on any atom is 0.274 e. The van der Waals surface area contributed by atoms with Crippen LogP contribution in [0.3, 0.4) is 0 Å². The number of nitrogens with one attached hydrogen (secondary N) is 1. The molecule has 3 aromatic rings. The van der Waals surface area contributed by atoms with Gasteiger partial charge in [0.2, 0.25) is 0 Å². The van der Waals surface area contributed by atoms with Crippen LogP contribution in [0.1, 0.15) is 10.6 Å². The number of H-pyrrole nitrogens is 1. The lowest BCUT2D eigenvalue weighted by atomic mass is 10.3. The van der Waals surface area contributed by atoms with Crippen LogP contribution in [0.4, 0.5) is 0 Å². The fraction of sp³-hybridized carbons (Fsp3) is 0. The predicted octanol–water partition coefficient (Wildman–Crippen LogP) is 3.16. The summed E-state index contributed by atoms with van der Waals surface area (Å²) in [4.78, 5) is 20.1. The van der Waals surface area contributed by atoms with Gasteiger partial charge in [-0.05, 0) is 35.7 Å². The number of nitrogens with zero attached hydrogens (tertiary/aromatic N) is 1. The Bertz CT molecular complexity index is 757. The normalized spacial score (nSPS) is 11.3. The molecular weight excluding hydrogens is 244 g/mol. The molecule has 0 atom stereocenters. The lowest BCUT2D eigenvalue weighted by Crippen LogP contribution is -2.11. The van der Waals surface area contributed by atoms with E-state index in [2.05, 4.69) is 9.97 Å². The fourth-order valence-electron chi connectivity index (χ4n) is 1.70. The molecule has 1 aromatic carbocycles. The minimum absolute atomic E-state index is 0.165. The molecule has 3 nitrogen and oxygen atoms in total. The van der Waals surface area contributed by atoms with E-state index in [1.54, 1.807) is 17.4 Å². The minimum atomic E-state index is -0.165. The van der Waals surface area contributed by atoms with Crippen LogP contribution >= 0.6 is 11.3 Å². The SMILES string of the molecule is O=c1[nH]c2ccccc2nc1C=Cc1cccs1. The lowest BCUT2D eigenvalue weighted by molar-refractivity contribution is 1.19. The van der Waals surface area contributed by atoms with Crippen molar-refractivity contribution in [3.05, 3.63) is 62.7 Å². The monoisotopic (exact) mass is 254 g/mol. The van der Waals surface area contributed by atoms with Crippen LogP contribution in [0.5, 0.6) is 0 Å². The van der Waals surface area contributed by atoms with Crippen molar-refractivity contribution in [3.63, 3.8) is 0 Å². The van der Waals surface area contributed by atoms with E-state index in [1.165, 1.54) is 0 Å². The molecule has 0 saturated carbocycles. The summed E-state index contributed by atoms with van der Waals surface area (Å²) in [6, 6.07) is 11.5. The largest absolute Gasteiger partial charge is 0.319 e. The van der Waals surface area contributed by atoms with Crippen molar-refractivity contribution >= 4 is 34.5 Å². The van der Waals surface area contributed by atoms with Gasteiger partial charge in [-0.15, -0.1) is 11.3 Å². The van der Waals surface area contributed by atoms with E-state index in [9.17, 15) is 4.79 Å². The zero-order valence-corrected chi connectivity index (χ0v) is 10.3. The summed E-state index contributed by atoms with van der Waals surface area (Å²) >= 11 is 1.62. The maximum atomic E-state index is 11.8. The summed E-state index contributed by atoms with van der Waals surface area (Å²) in [7, 11) is 0. The van der Waals surface area contributed by atoms with Gasteiger partial charge in [0.1, 0.15) is 5.69 Å². The molecule has 0 aliphatic carbocycles. The third-order valence-corrected chi connectivity index (χ3v) is 3.41. The Morgan fingerprint density at radius 2 is 2.00 bits per heavy atom. The molecule has 0 aliphatic rings. The third kappa shape index (κ3) is 2.10. The number of thiophene rings is 1. The number of rotatable bonds is 2. The van der Waals surface area contributed by atoms with Crippen LogP contribution in [0.2, 0.25) is 0 Å². The Labute approximate surface area is 107 Å². The Morgan fingerprint density at radius 3 is 2.83 bits per heavy atom. The van der Waals surface area contributed by atoms with Gasteiger partial charge >= 0.3 is 0 Å². The zero-order chi connectivity index (χ0) is 12.4. The van der Waals surface area contributed by atoms with Gasteiger partial charge in [0.05, 0.1) is 11.0 Å². The summed E-state index contributed by atoms with van der Waals surface area (Å²) in [5.74, 6) is 0. The first kappa shape index (κ1) is 10.9. The van der Waals surface area contributed by atoms with Gasteiger partial charge in [-0.25, -0.2) is 4.98 Å². The van der Waals surface area contributed by atoms with E-state index < -0.39 is 0 Å². The number of hydrogen-bond acceptors (Lipinski definition) is 3. The molecule has 4 heteroatoms. The highest BCUT2D eigenvalue weighted by Crippen LogP contribution is 2.12. The number of benzene rings is 1. The third-order valence-electron chi connectivity index (χ3n) is 2.57. The first-order chi connectivity index (χ1) is 8.83. The summed E-state index contributed by atoms with van der Waals surface area (Å²) in [6.45, 7) is 0. The van der Waals surface area contributed by atoms with Crippen LogP contribution in [-0.2, 0) is 0 Å². The summed E-state index contributed by atoms with van der Waals surface area (Å²) in [6.07, 6.45) is 3.65. The first-order valence-corrected chi connectivity index (χ1v) is 6.41. The van der Waals surface area contributed by atoms with Gasteiger partial charge in [0.15, 0.2) is 0 Å². The molecule has 0 fully saturated rings. The highest BCUT2D eigenvalue weighted by atomic mass is 32.1. The standard InChI is InChI=1S/C14H10N2OS/c17-14-13(8-7-10-4-3-9-18-10)15-11-5-1-2-6-12(11)16-14/h1-9H,(H,16,17). The van der Waals surface area contributed by atoms with E-state index in [1.807, 2.05) is 47.9 Å². The Balaban J connectivity index is 2.07. The second-order valence-electron chi connectivity index (χ2n) is 3.82. The highest BCUT2D eigenvalue weighted by molar-refractivity contribution is 7.10. The molecule has 18 heavy (non-hydrogen) atoms. The van der Waals surface area contributed by atoms with Gasteiger partial charge < -0.3 is 4.98 Å². The molecule has 2 aromatic heterocycles. The Morgan fingerprint density at radius 1 is 1.11 bits per heavy atom. The Kier molecular flexibility index (Phi) is 2.78. The molecule has 0 saturated heterocycles. The second kappa shape index (κ2) is 4.58. The maximum absolute atomic E-state index is 11.8.